The average Bonchev–Trinajstić information content (AvgIpc) is 2.35. The zero-order valence-electron chi connectivity index (χ0n) is 11.7. The maximum absolute atomic E-state index is 11.3. The second kappa shape index (κ2) is 11.9. The number of rotatable bonds is 11. The van der Waals surface area contributed by atoms with Gasteiger partial charge in [0.1, 0.15) is 0 Å². The second-order valence-corrected chi connectivity index (χ2v) is 4.79. The van der Waals surface area contributed by atoms with E-state index in [1.807, 2.05) is 18.9 Å². The van der Waals surface area contributed by atoms with Crippen LogP contribution in [0.4, 0.5) is 0 Å². The Kier molecular flexibility index (Phi) is 11.5. The molecule has 0 saturated heterocycles. The summed E-state index contributed by atoms with van der Waals surface area (Å²) in [6, 6.07) is 0. The van der Waals surface area contributed by atoms with Gasteiger partial charge >= 0.3 is 0 Å². The van der Waals surface area contributed by atoms with E-state index >= 15 is 0 Å². The van der Waals surface area contributed by atoms with Gasteiger partial charge < -0.3 is 10.6 Å². The van der Waals surface area contributed by atoms with E-state index in [1.165, 1.54) is 44.9 Å². The maximum atomic E-state index is 11.3. The molecular weight excluding hydrogens is 212 g/mol. The predicted octanol–water partition coefficient (Wildman–Crippen LogP) is 2.93. The fourth-order valence-electron chi connectivity index (χ4n) is 1.95. The molecule has 0 aliphatic carbocycles. The van der Waals surface area contributed by atoms with Crippen LogP contribution in [0, 0.1) is 0 Å². The van der Waals surface area contributed by atoms with Gasteiger partial charge in [-0.05, 0) is 19.4 Å². The number of carbonyl (C=O) groups excluding carboxylic acids is 1. The first-order valence-corrected chi connectivity index (χ1v) is 7.16. The molecular formula is C14H30N2O. The van der Waals surface area contributed by atoms with Crippen LogP contribution >= 0.6 is 0 Å². The Morgan fingerprint density at radius 2 is 1.41 bits per heavy atom. The molecule has 0 unspecified atom stereocenters. The number of amides is 1. The lowest BCUT2D eigenvalue weighted by molar-refractivity contribution is -0.129. The van der Waals surface area contributed by atoms with Crippen LogP contribution in [0.1, 0.15) is 64.7 Å². The summed E-state index contributed by atoms with van der Waals surface area (Å²) in [7, 11) is 1.90. The normalized spacial score (nSPS) is 10.5. The summed E-state index contributed by atoms with van der Waals surface area (Å²) in [5.74, 6) is 0.256. The molecule has 17 heavy (non-hydrogen) atoms. The van der Waals surface area contributed by atoms with Crippen molar-refractivity contribution in [1.29, 1.82) is 0 Å². The lowest BCUT2D eigenvalue weighted by Crippen LogP contribution is -2.26. The third-order valence-electron chi connectivity index (χ3n) is 3.18. The van der Waals surface area contributed by atoms with Gasteiger partial charge in [-0.2, -0.15) is 0 Å². The predicted molar refractivity (Wildman–Crippen MR) is 73.9 cm³/mol. The molecule has 3 heteroatoms. The van der Waals surface area contributed by atoms with Crippen LogP contribution in [0.3, 0.4) is 0 Å². The SMILES string of the molecule is CCC(=O)N(C)CCCCCCCCCCN. The summed E-state index contributed by atoms with van der Waals surface area (Å²) in [5.41, 5.74) is 5.44. The lowest BCUT2D eigenvalue weighted by Gasteiger charge is -2.15. The highest BCUT2D eigenvalue weighted by atomic mass is 16.2. The highest BCUT2D eigenvalue weighted by Gasteiger charge is 2.03. The Hall–Kier alpha value is -0.570. The van der Waals surface area contributed by atoms with Crippen LogP contribution in [0.2, 0.25) is 0 Å². The first-order valence-electron chi connectivity index (χ1n) is 7.16. The van der Waals surface area contributed by atoms with Crippen molar-refractivity contribution >= 4 is 5.91 Å². The molecule has 0 atom stereocenters. The van der Waals surface area contributed by atoms with E-state index in [1.54, 1.807) is 0 Å². The third-order valence-corrected chi connectivity index (χ3v) is 3.18. The van der Waals surface area contributed by atoms with Crippen molar-refractivity contribution in [2.75, 3.05) is 20.1 Å². The minimum Gasteiger partial charge on any atom is -0.346 e. The Morgan fingerprint density at radius 1 is 0.941 bits per heavy atom. The number of hydrogen-bond acceptors (Lipinski definition) is 2. The van der Waals surface area contributed by atoms with Crippen LogP contribution in [0.15, 0.2) is 0 Å². The molecule has 1 amide bonds. The van der Waals surface area contributed by atoms with Crippen LogP contribution in [0.5, 0.6) is 0 Å². The van der Waals surface area contributed by atoms with E-state index in [0.29, 0.717) is 6.42 Å². The maximum Gasteiger partial charge on any atom is 0.222 e. The monoisotopic (exact) mass is 242 g/mol. The van der Waals surface area contributed by atoms with Crippen molar-refractivity contribution in [2.24, 2.45) is 5.73 Å². The van der Waals surface area contributed by atoms with Crippen molar-refractivity contribution in [3.63, 3.8) is 0 Å². The van der Waals surface area contributed by atoms with Crippen LogP contribution in [0.25, 0.3) is 0 Å². The van der Waals surface area contributed by atoms with E-state index in [-0.39, 0.29) is 5.91 Å². The zero-order valence-corrected chi connectivity index (χ0v) is 11.7. The molecule has 0 spiro atoms. The molecule has 0 bridgehead atoms. The van der Waals surface area contributed by atoms with Gasteiger partial charge in [-0.25, -0.2) is 0 Å². The quantitative estimate of drug-likeness (QED) is 0.566. The smallest absolute Gasteiger partial charge is 0.222 e. The molecule has 0 rings (SSSR count). The molecule has 0 aliphatic rings. The van der Waals surface area contributed by atoms with Crippen molar-refractivity contribution in [3.05, 3.63) is 0 Å². The number of carbonyl (C=O) groups is 1. The lowest BCUT2D eigenvalue weighted by atomic mass is 10.1. The van der Waals surface area contributed by atoms with E-state index in [9.17, 15) is 4.79 Å². The van der Waals surface area contributed by atoms with Crippen molar-refractivity contribution in [3.8, 4) is 0 Å². The van der Waals surface area contributed by atoms with Gasteiger partial charge in [0.2, 0.25) is 5.91 Å². The number of hydrogen-bond donors (Lipinski definition) is 1. The molecule has 0 fully saturated rings. The van der Waals surface area contributed by atoms with E-state index in [2.05, 4.69) is 0 Å². The van der Waals surface area contributed by atoms with E-state index in [4.69, 9.17) is 5.73 Å². The van der Waals surface area contributed by atoms with Crippen LogP contribution in [-0.4, -0.2) is 30.9 Å². The molecule has 102 valence electrons. The summed E-state index contributed by atoms with van der Waals surface area (Å²) in [5, 5.41) is 0. The van der Waals surface area contributed by atoms with Gasteiger partial charge in [-0.1, -0.05) is 45.4 Å². The van der Waals surface area contributed by atoms with Gasteiger partial charge in [0.05, 0.1) is 0 Å². The summed E-state index contributed by atoms with van der Waals surface area (Å²) in [4.78, 5) is 13.1. The minimum absolute atomic E-state index is 0.256. The van der Waals surface area contributed by atoms with Crippen molar-refractivity contribution < 1.29 is 4.79 Å². The molecule has 3 nitrogen and oxygen atoms in total. The number of nitrogens with zero attached hydrogens (tertiary/aromatic N) is 1. The summed E-state index contributed by atoms with van der Waals surface area (Å²) in [6.45, 7) is 3.66. The van der Waals surface area contributed by atoms with Gasteiger partial charge in [-0.15, -0.1) is 0 Å². The van der Waals surface area contributed by atoms with Gasteiger partial charge in [0, 0.05) is 20.0 Å². The largest absolute Gasteiger partial charge is 0.346 e. The van der Waals surface area contributed by atoms with Crippen LogP contribution < -0.4 is 5.73 Å². The van der Waals surface area contributed by atoms with Gasteiger partial charge in [0.25, 0.3) is 0 Å². The summed E-state index contributed by atoms with van der Waals surface area (Å²) < 4.78 is 0. The highest BCUT2D eigenvalue weighted by molar-refractivity contribution is 5.75. The minimum atomic E-state index is 0.256. The molecule has 0 aliphatic heterocycles. The molecule has 0 heterocycles. The second-order valence-electron chi connectivity index (χ2n) is 4.79. The molecule has 0 aromatic heterocycles. The molecule has 0 radical (unpaired) electrons. The Labute approximate surface area is 107 Å². The fraction of sp³-hybridized carbons (Fsp3) is 0.929. The standard InChI is InChI=1S/C14H30N2O/c1-3-14(17)16(2)13-11-9-7-5-4-6-8-10-12-15/h3-13,15H2,1-2H3. The van der Waals surface area contributed by atoms with Gasteiger partial charge in [-0.3, -0.25) is 4.79 Å². The summed E-state index contributed by atoms with van der Waals surface area (Å²) in [6.07, 6.45) is 10.8. The van der Waals surface area contributed by atoms with Crippen molar-refractivity contribution in [2.45, 2.75) is 64.7 Å². The Morgan fingerprint density at radius 3 is 1.88 bits per heavy atom. The molecule has 2 N–H and O–H groups in total. The fourth-order valence-corrected chi connectivity index (χ4v) is 1.95. The molecule has 0 saturated carbocycles. The summed E-state index contributed by atoms with van der Waals surface area (Å²) >= 11 is 0. The first kappa shape index (κ1) is 16.4. The van der Waals surface area contributed by atoms with E-state index < -0.39 is 0 Å². The average molecular weight is 242 g/mol. The van der Waals surface area contributed by atoms with E-state index in [0.717, 1.165) is 19.5 Å². The molecule has 0 aromatic carbocycles. The van der Waals surface area contributed by atoms with Crippen LogP contribution in [-0.2, 0) is 4.79 Å². The topological polar surface area (TPSA) is 46.3 Å². The Balaban J connectivity index is 3.15. The number of nitrogens with two attached hydrogens (primary N) is 1. The molecule has 0 aromatic rings. The number of unbranched alkanes of at least 4 members (excludes halogenated alkanes) is 7. The first-order chi connectivity index (χ1) is 8.22. The van der Waals surface area contributed by atoms with Crippen molar-refractivity contribution in [1.82, 2.24) is 4.90 Å². The van der Waals surface area contributed by atoms with Gasteiger partial charge in [0.15, 0.2) is 0 Å². The highest BCUT2D eigenvalue weighted by Crippen LogP contribution is 2.08. The zero-order chi connectivity index (χ0) is 12.9. The third kappa shape index (κ3) is 10.3. The Bertz CT molecular complexity index is 183.